The van der Waals surface area contributed by atoms with Crippen LogP contribution < -0.4 is 0 Å². The minimum Gasteiger partial charge on any atom is -0.357 e. The number of ether oxygens (including phenoxy) is 1. The summed E-state index contributed by atoms with van der Waals surface area (Å²) in [6.07, 6.45) is 0.572. The first-order valence-corrected chi connectivity index (χ1v) is 6.78. The first-order chi connectivity index (χ1) is 9.81. The zero-order chi connectivity index (χ0) is 13.9. The molecule has 3 rings (SSSR count). The molecule has 2 aromatic rings. The lowest BCUT2D eigenvalue weighted by atomic mass is 10.1. The number of hydrogen-bond donors (Lipinski definition) is 0. The Morgan fingerprint density at radius 2 is 1.75 bits per heavy atom. The molecule has 1 atom stereocenters. The molecule has 102 valence electrons. The van der Waals surface area contributed by atoms with Crippen molar-refractivity contribution in [3.8, 4) is 0 Å². The Morgan fingerprint density at radius 1 is 1.05 bits per heavy atom. The van der Waals surface area contributed by atoms with Gasteiger partial charge in [-0.2, -0.15) is 0 Å². The van der Waals surface area contributed by atoms with Crippen LogP contribution in [0.4, 0.5) is 0 Å². The van der Waals surface area contributed by atoms with Gasteiger partial charge in [0.05, 0.1) is 0 Å². The second-order valence-electron chi connectivity index (χ2n) is 4.91. The number of methoxy groups -OCH3 is 1. The third-order valence-electron chi connectivity index (χ3n) is 3.71. The van der Waals surface area contributed by atoms with Crippen molar-refractivity contribution in [2.75, 3.05) is 13.7 Å². The summed E-state index contributed by atoms with van der Waals surface area (Å²) < 4.78 is 5.51. The Morgan fingerprint density at radius 3 is 2.50 bits per heavy atom. The fourth-order valence-electron chi connectivity index (χ4n) is 2.70. The number of amides is 1. The van der Waals surface area contributed by atoms with Crippen molar-refractivity contribution in [3.63, 3.8) is 0 Å². The number of carbonyl (C=O) groups is 1. The van der Waals surface area contributed by atoms with Crippen molar-refractivity contribution >= 4 is 5.91 Å². The zero-order valence-electron chi connectivity index (χ0n) is 11.5. The van der Waals surface area contributed by atoms with Crippen LogP contribution in [0.2, 0.25) is 0 Å². The Kier molecular flexibility index (Phi) is 3.52. The minimum absolute atomic E-state index is 0.0587. The van der Waals surface area contributed by atoms with E-state index in [1.807, 2.05) is 42.5 Å². The van der Waals surface area contributed by atoms with E-state index >= 15 is 0 Å². The summed E-state index contributed by atoms with van der Waals surface area (Å²) in [6, 6.07) is 17.9. The summed E-state index contributed by atoms with van der Waals surface area (Å²) in [5.74, 6) is 0.0587. The lowest BCUT2D eigenvalue weighted by Gasteiger charge is -2.24. The van der Waals surface area contributed by atoms with Gasteiger partial charge in [0, 0.05) is 24.8 Å². The summed E-state index contributed by atoms with van der Waals surface area (Å²) in [6.45, 7) is 0.663. The standard InChI is InChI=1S/C17H17NO2/c1-20-17-15-10-6-5-9-14(15)16(19)18(17)12-11-13-7-3-2-4-8-13/h2-10,17H,11-12H2,1H3/t17-/m1/s1. The SMILES string of the molecule is CO[C@@H]1c2ccccc2C(=O)N1CCc1ccccc1. The molecule has 0 spiro atoms. The van der Waals surface area contributed by atoms with Gasteiger partial charge < -0.3 is 9.64 Å². The van der Waals surface area contributed by atoms with Crippen LogP contribution in [0.25, 0.3) is 0 Å². The second kappa shape index (κ2) is 5.47. The molecule has 1 aliphatic rings. The fraction of sp³-hybridized carbons (Fsp3) is 0.235. The Hall–Kier alpha value is -2.13. The van der Waals surface area contributed by atoms with Crippen LogP contribution in [0.3, 0.4) is 0 Å². The molecule has 1 heterocycles. The molecular weight excluding hydrogens is 250 g/mol. The number of rotatable bonds is 4. The van der Waals surface area contributed by atoms with E-state index in [2.05, 4.69) is 12.1 Å². The van der Waals surface area contributed by atoms with Crippen molar-refractivity contribution in [2.45, 2.75) is 12.6 Å². The summed E-state index contributed by atoms with van der Waals surface area (Å²) in [5, 5.41) is 0. The highest BCUT2D eigenvalue weighted by atomic mass is 16.5. The van der Waals surface area contributed by atoms with Gasteiger partial charge in [0.25, 0.3) is 5.91 Å². The van der Waals surface area contributed by atoms with Gasteiger partial charge in [-0.1, -0.05) is 48.5 Å². The fourth-order valence-corrected chi connectivity index (χ4v) is 2.70. The van der Waals surface area contributed by atoms with E-state index in [1.165, 1.54) is 5.56 Å². The van der Waals surface area contributed by atoms with Gasteiger partial charge >= 0.3 is 0 Å². The van der Waals surface area contributed by atoms with Crippen LogP contribution in [0.15, 0.2) is 54.6 Å². The first-order valence-electron chi connectivity index (χ1n) is 6.78. The third-order valence-corrected chi connectivity index (χ3v) is 3.71. The summed E-state index contributed by atoms with van der Waals surface area (Å²) in [4.78, 5) is 14.2. The quantitative estimate of drug-likeness (QED) is 0.852. The molecule has 20 heavy (non-hydrogen) atoms. The van der Waals surface area contributed by atoms with E-state index in [9.17, 15) is 4.79 Å². The van der Waals surface area contributed by atoms with E-state index in [0.29, 0.717) is 6.54 Å². The van der Waals surface area contributed by atoms with Crippen molar-refractivity contribution < 1.29 is 9.53 Å². The van der Waals surface area contributed by atoms with Gasteiger partial charge in [0.15, 0.2) is 6.23 Å². The maximum atomic E-state index is 12.4. The molecule has 0 fully saturated rings. The van der Waals surface area contributed by atoms with Crippen LogP contribution in [0.1, 0.15) is 27.7 Å². The predicted molar refractivity (Wildman–Crippen MR) is 77.4 cm³/mol. The molecule has 0 unspecified atom stereocenters. The first kappa shape index (κ1) is 12.9. The van der Waals surface area contributed by atoms with Crippen molar-refractivity contribution in [1.82, 2.24) is 4.90 Å². The third kappa shape index (κ3) is 2.21. The average molecular weight is 267 g/mol. The van der Waals surface area contributed by atoms with Crippen LogP contribution in [-0.4, -0.2) is 24.5 Å². The number of carbonyl (C=O) groups excluding carboxylic acids is 1. The van der Waals surface area contributed by atoms with E-state index in [4.69, 9.17) is 4.74 Å². The normalized spacial score (nSPS) is 17.4. The number of fused-ring (bicyclic) bond motifs is 1. The predicted octanol–water partition coefficient (Wildman–Crippen LogP) is 3.03. The van der Waals surface area contributed by atoms with Gasteiger partial charge in [-0.3, -0.25) is 4.79 Å². The minimum atomic E-state index is -0.262. The highest BCUT2D eigenvalue weighted by Crippen LogP contribution is 2.33. The zero-order valence-corrected chi connectivity index (χ0v) is 11.5. The molecule has 3 heteroatoms. The van der Waals surface area contributed by atoms with Gasteiger partial charge in [0.1, 0.15) is 0 Å². The van der Waals surface area contributed by atoms with E-state index in [1.54, 1.807) is 12.0 Å². The Balaban J connectivity index is 1.79. The maximum absolute atomic E-state index is 12.4. The molecule has 0 aliphatic carbocycles. The molecule has 2 aromatic carbocycles. The van der Waals surface area contributed by atoms with Crippen LogP contribution in [0, 0.1) is 0 Å². The summed E-state index contributed by atoms with van der Waals surface area (Å²) in [5.41, 5.74) is 2.95. The highest BCUT2D eigenvalue weighted by Gasteiger charge is 2.35. The van der Waals surface area contributed by atoms with Crippen molar-refractivity contribution in [3.05, 3.63) is 71.3 Å². The van der Waals surface area contributed by atoms with Crippen molar-refractivity contribution in [1.29, 1.82) is 0 Å². The molecule has 0 bridgehead atoms. The monoisotopic (exact) mass is 267 g/mol. The number of nitrogens with zero attached hydrogens (tertiary/aromatic N) is 1. The van der Waals surface area contributed by atoms with Crippen LogP contribution in [0.5, 0.6) is 0 Å². The van der Waals surface area contributed by atoms with E-state index in [0.717, 1.165) is 17.5 Å². The highest BCUT2D eigenvalue weighted by molar-refractivity contribution is 5.98. The molecule has 0 aromatic heterocycles. The topological polar surface area (TPSA) is 29.5 Å². The summed E-state index contributed by atoms with van der Waals surface area (Å²) in [7, 11) is 1.65. The van der Waals surface area contributed by atoms with Gasteiger partial charge in [-0.05, 0) is 18.1 Å². The Labute approximate surface area is 118 Å². The van der Waals surface area contributed by atoms with Gasteiger partial charge in [-0.15, -0.1) is 0 Å². The molecule has 0 radical (unpaired) electrons. The molecule has 0 saturated heterocycles. The number of benzene rings is 2. The van der Waals surface area contributed by atoms with Crippen LogP contribution in [-0.2, 0) is 11.2 Å². The van der Waals surface area contributed by atoms with Crippen LogP contribution >= 0.6 is 0 Å². The molecule has 3 nitrogen and oxygen atoms in total. The lowest BCUT2D eigenvalue weighted by Crippen LogP contribution is -2.31. The molecule has 1 aliphatic heterocycles. The number of hydrogen-bond acceptors (Lipinski definition) is 2. The van der Waals surface area contributed by atoms with E-state index in [-0.39, 0.29) is 12.1 Å². The summed E-state index contributed by atoms with van der Waals surface area (Å²) >= 11 is 0. The largest absolute Gasteiger partial charge is 0.357 e. The second-order valence-corrected chi connectivity index (χ2v) is 4.91. The Bertz CT molecular complexity index is 609. The van der Waals surface area contributed by atoms with E-state index < -0.39 is 0 Å². The lowest BCUT2D eigenvalue weighted by molar-refractivity contribution is -0.0119. The molecule has 0 N–H and O–H groups in total. The van der Waals surface area contributed by atoms with Gasteiger partial charge in [0.2, 0.25) is 0 Å². The van der Waals surface area contributed by atoms with Gasteiger partial charge in [-0.25, -0.2) is 0 Å². The maximum Gasteiger partial charge on any atom is 0.256 e. The molecular formula is C17H17NO2. The smallest absolute Gasteiger partial charge is 0.256 e. The molecule has 0 saturated carbocycles. The molecule has 1 amide bonds. The van der Waals surface area contributed by atoms with Crippen molar-refractivity contribution in [2.24, 2.45) is 0 Å². The average Bonchev–Trinajstić information content (AvgIpc) is 2.78.